The van der Waals surface area contributed by atoms with E-state index < -0.39 is 6.10 Å². The van der Waals surface area contributed by atoms with Gasteiger partial charge in [-0.3, -0.25) is 14.5 Å². The van der Waals surface area contributed by atoms with E-state index in [0.717, 1.165) is 55.4 Å². The van der Waals surface area contributed by atoms with Crippen LogP contribution in [0.2, 0.25) is 0 Å². The second-order valence-electron chi connectivity index (χ2n) is 12.7. The minimum Gasteiger partial charge on any atom is -0.481 e. The molecule has 0 amide bonds. The SMILES string of the molecule is CCC(=O)C1Oc2c(C(CC)C(=O)CCC3CCCC3)ccc3c2C12CCN(CC1CC1)C(C3)C2C. The molecule has 1 saturated heterocycles. The third kappa shape index (κ3) is 3.89. The predicted molar refractivity (Wildman–Crippen MR) is 143 cm³/mol. The van der Waals surface area contributed by atoms with E-state index in [1.54, 1.807) is 0 Å². The Bertz CT molecular complexity index is 1020. The van der Waals surface area contributed by atoms with Crippen LogP contribution >= 0.6 is 0 Å². The van der Waals surface area contributed by atoms with Gasteiger partial charge in [-0.05, 0) is 68.4 Å². The van der Waals surface area contributed by atoms with Gasteiger partial charge >= 0.3 is 0 Å². The molecule has 2 heterocycles. The van der Waals surface area contributed by atoms with Crippen molar-refractivity contribution in [1.82, 2.24) is 4.90 Å². The molecular weight excluding hydrogens is 446 g/mol. The number of hydrogen-bond acceptors (Lipinski definition) is 4. The van der Waals surface area contributed by atoms with Crippen LogP contribution in [-0.4, -0.2) is 41.7 Å². The van der Waals surface area contributed by atoms with Gasteiger partial charge in [-0.15, -0.1) is 0 Å². The monoisotopic (exact) mass is 491 g/mol. The summed E-state index contributed by atoms with van der Waals surface area (Å²) in [6, 6.07) is 4.98. The van der Waals surface area contributed by atoms with E-state index in [1.165, 1.54) is 56.2 Å². The largest absolute Gasteiger partial charge is 0.481 e. The summed E-state index contributed by atoms with van der Waals surface area (Å²) in [5.41, 5.74) is 3.51. The first-order valence-corrected chi connectivity index (χ1v) is 15.1. The van der Waals surface area contributed by atoms with Crippen LogP contribution in [0, 0.1) is 17.8 Å². The molecule has 0 radical (unpaired) electrons. The molecule has 5 unspecified atom stereocenters. The molecule has 2 saturated carbocycles. The number of carbonyl (C=O) groups is 2. The molecule has 2 bridgehead atoms. The van der Waals surface area contributed by atoms with Crippen molar-refractivity contribution < 1.29 is 14.3 Å². The summed E-state index contributed by atoms with van der Waals surface area (Å²) in [6.45, 7) is 8.77. The summed E-state index contributed by atoms with van der Waals surface area (Å²) in [5.74, 6) is 3.38. The Labute approximate surface area is 217 Å². The summed E-state index contributed by atoms with van der Waals surface area (Å²) in [5, 5.41) is 0. The first-order valence-electron chi connectivity index (χ1n) is 15.1. The molecule has 4 heteroatoms. The van der Waals surface area contributed by atoms with E-state index in [0.29, 0.717) is 30.6 Å². The maximum atomic E-state index is 13.6. The molecule has 0 N–H and O–H groups in total. The number of benzene rings is 1. The number of fused-ring (bicyclic) bond motifs is 1. The zero-order valence-corrected chi connectivity index (χ0v) is 22.7. The minimum absolute atomic E-state index is 0.123. The molecule has 3 aliphatic carbocycles. The number of carbonyl (C=O) groups excluding carboxylic acids is 2. The first-order chi connectivity index (χ1) is 17.5. The standard InChI is InChI=1S/C32H45NO3/c1-4-24(28(35)15-12-21-8-6-7-9-21)25-14-13-23-18-26-20(3)32(16-17-33(26)19-22-10-11-22)29(23)30(25)36-31(32)27(34)5-2/h13-14,20-22,24,26,31H,4-12,15-19H2,1-3H3. The van der Waals surface area contributed by atoms with Crippen molar-refractivity contribution >= 4 is 11.6 Å². The fourth-order valence-electron chi connectivity index (χ4n) is 8.55. The quantitative estimate of drug-likeness (QED) is 0.381. The Kier molecular flexibility index (Phi) is 6.55. The van der Waals surface area contributed by atoms with Crippen LogP contribution in [-0.2, 0) is 21.4 Å². The van der Waals surface area contributed by atoms with Gasteiger partial charge in [-0.25, -0.2) is 0 Å². The van der Waals surface area contributed by atoms with Crippen molar-refractivity contribution in [3.63, 3.8) is 0 Å². The number of hydrogen-bond donors (Lipinski definition) is 0. The van der Waals surface area contributed by atoms with Crippen LogP contribution in [0.5, 0.6) is 5.75 Å². The lowest BCUT2D eigenvalue weighted by atomic mass is 9.55. The average molecular weight is 492 g/mol. The van der Waals surface area contributed by atoms with Gasteiger partial charge in [0.1, 0.15) is 11.5 Å². The molecule has 3 fully saturated rings. The van der Waals surface area contributed by atoms with Crippen molar-refractivity contribution in [1.29, 1.82) is 0 Å². The van der Waals surface area contributed by atoms with Crippen molar-refractivity contribution in [2.45, 2.75) is 121 Å². The second kappa shape index (κ2) is 9.57. The Morgan fingerprint density at radius 1 is 1.11 bits per heavy atom. The number of nitrogens with zero attached hydrogens (tertiary/aromatic N) is 1. The maximum absolute atomic E-state index is 13.6. The molecule has 1 spiro atoms. The molecule has 4 nitrogen and oxygen atoms in total. The lowest BCUT2D eigenvalue weighted by molar-refractivity contribution is -0.131. The van der Waals surface area contributed by atoms with Crippen molar-refractivity contribution in [2.75, 3.05) is 13.1 Å². The summed E-state index contributed by atoms with van der Waals surface area (Å²) in [7, 11) is 0. The number of ketones is 2. The van der Waals surface area contributed by atoms with Gasteiger partial charge in [0.15, 0.2) is 11.9 Å². The Morgan fingerprint density at radius 2 is 1.89 bits per heavy atom. The van der Waals surface area contributed by atoms with E-state index in [1.807, 2.05) is 6.92 Å². The highest BCUT2D eigenvalue weighted by Crippen LogP contribution is 2.60. The smallest absolute Gasteiger partial charge is 0.173 e. The summed E-state index contributed by atoms with van der Waals surface area (Å²) >= 11 is 0. The number of piperidine rings is 1. The second-order valence-corrected chi connectivity index (χ2v) is 12.7. The van der Waals surface area contributed by atoms with Crippen molar-refractivity contribution in [3.8, 4) is 5.75 Å². The molecule has 2 aliphatic heterocycles. The van der Waals surface area contributed by atoms with E-state index in [-0.39, 0.29) is 17.1 Å². The summed E-state index contributed by atoms with van der Waals surface area (Å²) in [6.07, 6.45) is 12.6. The zero-order valence-electron chi connectivity index (χ0n) is 22.7. The van der Waals surface area contributed by atoms with Crippen LogP contribution in [0.15, 0.2) is 12.1 Å². The number of rotatable bonds is 10. The third-order valence-electron chi connectivity index (χ3n) is 10.8. The van der Waals surface area contributed by atoms with Gasteiger partial charge < -0.3 is 4.74 Å². The van der Waals surface area contributed by atoms with Gasteiger partial charge in [0, 0.05) is 47.9 Å². The van der Waals surface area contributed by atoms with Crippen LogP contribution in [0.25, 0.3) is 0 Å². The lowest BCUT2D eigenvalue weighted by Crippen LogP contribution is -2.63. The molecule has 5 atom stereocenters. The normalized spacial score (nSPS) is 32.2. The Balaban J connectivity index is 1.36. The zero-order chi connectivity index (χ0) is 25.0. The van der Waals surface area contributed by atoms with Gasteiger partial charge in [0.25, 0.3) is 0 Å². The van der Waals surface area contributed by atoms with Gasteiger partial charge in [-0.2, -0.15) is 0 Å². The van der Waals surface area contributed by atoms with E-state index >= 15 is 0 Å². The maximum Gasteiger partial charge on any atom is 0.173 e. The predicted octanol–water partition coefficient (Wildman–Crippen LogP) is 6.37. The van der Waals surface area contributed by atoms with Crippen molar-refractivity contribution in [2.24, 2.45) is 17.8 Å². The molecule has 5 aliphatic rings. The highest BCUT2D eigenvalue weighted by molar-refractivity contribution is 5.89. The summed E-state index contributed by atoms with van der Waals surface area (Å²) < 4.78 is 6.78. The first kappa shape index (κ1) is 24.6. The molecular formula is C32H45NO3. The topological polar surface area (TPSA) is 46.6 Å². The number of likely N-dealkylation sites (tertiary alicyclic amines) is 1. The van der Waals surface area contributed by atoms with Crippen LogP contribution in [0.1, 0.15) is 114 Å². The van der Waals surface area contributed by atoms with Crippen molar-refractivity contribution in [3.05, 3.63) is 28.8 Å². The number of ether oxygens (including phenoxy) is 1. The van der Waals surface area contributed by atoms with Gasteiger partial charge in [-0.1, -0.05) is 58.6 Å². The van der Waals surface area contributed by atoms with Gasteiger partial charge in [0.05, 0.1) is 0 Å². The van der Waals surface area contributed by atoms with E-state index in [2.05, 4.69) is 30.9 Å². The molecule has 1 aromatic carbocycles. The fourth-order valence-corrected chi connectivity index (χ4v) is 8.55. The highest BCUT2D eigenvalue weighted by atomic mass is 16.5. The highest BCUT2D eigenvalue weighted by Gasteiger charge is 2.62. The van der Waals surface area contributed by atoms with E-state index in [9.17, 15) is 9.59 Å². The Hall–Kier alpha value is -1.68. The van der Waals surface area contributed by atoms with Crippen LogP contribution < -0.4 is 4.74 Å². The molecule has 36 heavy (non-hydrogen) atoms. The Morgan fingerprint density at radius 3 is 2.58 bits per heavy atom. The minimum atomic E-state index is -0.399. The molecule has 1 aromatic rings. The molecule has 0 aromatic heterocycles. The number of Topliss-reactive ketones (excluding diaryl/α,β-unsaturated/α-hetero) is 2. The van der Waals surface area contributed by atoms with E-state index in [4.69, 9.17) is 4.74 Å². The van der Waals surface area contributed by atoms with Gasteiger partial charge in [0.2, 0.25) is 0 Å². The molecule has 196 valence electrons. The van der Waals surface area contributed by atoms with Crippen LogP contribution in [0.4, 0.5) is 0 Å². The summed E-state index contributed by atoms with van der Waals surface area (Å²) in [4.78, 5) is 29.7. The molecule has 6 rings (SSSR count). The fraction of sp³-hybridized carbons (Fsp3) is 0.750. The lowest BCUT2D eigenvalue weighted by Gasteiger charge is -2.55. The average Bonchev–Trinajstić information content (AvgIpc) is 3.41. The third-order valence-corrected chi connectivity index (χ3v) is 10.8. The van der Waals surface area contributed by atoms with Crippen LogP contribution in [0.3, 0.4) is 0 Å².